The largest absolute Gasteiger partial charge is 0.381 e. The van der Waals surface area contributed by atoms with Gasteiger partial charge in [-0.2, -0.15) is 0 Å². The standard InChI is InChI=1S/C16H28O3/c1-4-19-16(7-9-18-10-8-16)15(17)14-6-5-12(2)13(3)11-14/h12-14H,4-11H2,1-3H3. The molecule has 0 aromatic carbocycles. The summed E-state index contributed by atoms with van der Waals surface area (Å²) >= 11 is 0. The lowest BCUT2D eigenvalue weighted by molar-refractivity contribution is -0.163. The van der Waals surface area contributed by atoms with Crippen LogP contribution < -0.4 is 0 Å². The highest BCUT2D eigenvalue weighted by atomic mass is 16.5. The summed E-state index contributed by atoms with van der Waals surface area (Å²) in [6.45, 7) is 8.49. The second-order valence-electron chi connectivity index (χ2n) is 6.37. The van der Waals surface area contributed by atoms with Crippen molar-refractivity contribution in [1.82, 2.24) is 0 Å². The van der Waals surface area contributed by atoms with Gasteiger partial charge >= 0.3 is 0 Å². The summed E-state index contributed by atoms with van der Waals surface area (Å²) in [7, 11) is 0. The molecule has 0 aromatic rings. The van der Waals surface area contributed by atoms with Gasteiger partial charge in [-0.3, -0.25) is 4.79 Å². The third-order valence-electron chi connectivity index (χ3n) is 5.14. The molecule has 0 N–H and O–H groups in total. The molecule has 2 rings (SSSR count). The highest BCUT2D eigenvalue weighted by Gasteiger charge is 2.45. The molecule has 110 valence electrons. The number of carbonyl (C=O) groups excluding carboxylic acids is 1. The molecule has 2 fully saturated rings. The molecule has 3 nitrogen and oxygen atoms in total. The van der Waals surface area contributed by atoms with Crippen LogP contribution in [0.4, 0.5) is 0 Å². The van der Waals surface area contributed by atoms with Crippen molar-refractivity contribution in [2.45, 2.75) is 58.5 Å². The van der Waals surface area contributed by atoms with Gasteiger partial charge in [0.25, 0.3) is 0 Å². The van der Waals surface area contributed by atoms with Gasteiger partial charge in [-0.05, 0) is 38.0 Å². The van der Waals surface area contributed by atoms with Gasteiger partial charge in [0.05, 0.1) is 0 Å². The summed E-state index contributed by atoms with van der Waals surface area (Å²) in [5.74, 6) is 1.97. The van der Waals surface area contributed by atoms with Gasteiger partial charge in [0, 0.05) is 38.6 Å². The Balaban J connectivity index is 2.06. The van der Waals surface area contributed by atoms with Crippen LogP contribution in [0.15, 0.2) is 0 Å². The van der Waals surface area contributed by atoms with Crippen molar-refractivity contribution in [2.24, 2.45) is 17.8 Å². The van der Waals surface area contributed by atoms with Crippen LogP contribution in [0.3, 0.4) is 0 Å². The summed E-state index contributed by atoms with van der Waals surface area (Å²) in [5.41, 5.74) is -0.544. The van der Waals surface area contributed by atoms with Crippen molar-refractivity contribution in [3.63, 3.8) is 0 Å². The van der Waals surface area contributed by atoms with Crippen molar-refractivity contribution in [3.05, 3.63) is 0 Å². The third-order valence-corrected chi connectivity index (χ3v) is 5.14. The number of rotatable bonds is 4. The molecule has 19 heavy (non-hydrogen) atoms. The van der Waals surface area contributed by atoms with Gasteiger partial charge in [-0.25, -0.2) is 0 Å². The molecule has 0 aromatic heterocycles. The van der Waals surface area contributed by atoms with E-state index in [0.717, 1.165) is 31.6 Å². The highest BCUT2D eigenvalue weighted by Crippen LogP contribution is 2.38. The van der Waals surface area contributed by atoms with E-state index in [4.69, 9.17) is 9.47 Å². The van der Waals surface area contributed by atoms with Crippen LogP contribution >= 0.6 is 0 Å². The van der Waals surface area contributed by atoms with E-state index in [1.54, 1.807) is 0 Å². The lowest BCUT2D eigenvalue weighted by atomic mass is 9.70. The van der Waals surface area contributed by atoms with Crippen molar-refractivity contribution >= 4 is 5.78 Å². The zero-order chi connectivity index (χ0) is 13.9. The Morgan fingerprint density at radius 3 is 2.47 bits per heavy atom. The lowest BCUT2D eigenvalue weighted by Gasteiger charge is -2.40. The second-order valence-corrected chi connectivity index (χ2v) is 6.37. The van der Waals surface area contributed by atoms with Crippen LogP contribution in [-0.2, 0) is 14.3 Å². The maximum absolute atomic E-state index is 12.9. The molecule has 3 atom stereocenters. The molecular weight excluding hydrogens is 240 g/mol. The van der Waals surface area contributed by atoms with Crippen molar-refractivity contribution in [2.75, 3.05) is 19.8 Å². The number of carbonyl (C=O) groups is 1. The number of hydrogen-bond acceptors (Lipinski definition) is 3. The predicted octanol–water partition coefficient (Wildman–Crippen LogP) is 3.21. The summed E-state index contributed by atoms with van der Waals surface area (Å²) < 4.78 is 11.3. The second kappa shape index (κ2) is 6.36. The normalized spacial score (nSPS) is 35.0. The van der Waals surface area contributed by atoms with E-state index < -0.39 is 5.60 Å². The zero-order valence-electron chi connectivity index (χ0n) is 12.6. The van der Waals surface area contributed by atoms with Gasteiger partial charge in [-0.15, -0.1) is 0 Å². The Bertz CT molecular complexity index is 302. The van der Waals surface area contributed by atoms with Crippen LogP contribution in [0.5, 0.6) is 0 Å². The molecule has 3 heteroatoms. The Kier molecular flexibility index (Phi) is 5.02. The van der Waals surface area contributed by atoms with Gasteiger partial charge in [0.1, 0.15) is 5.60 Å². The number of hydrogen-bond donors (Lipinski definition) is 0. The molecular formula is C16H28O3. The summed E-state index contributed by atoms with van der Waals surface area (Å²) in [6.07, 6.45) is 4.73. The SMILES string of the molecule is CCOC1(C(=O)C2CCC(C)C(C)C2)CCOCC1. The maximum atomic E-state index is 12.9. The minimum absolute atomic E-state index is 0.204. The van der Waals surface area contributed by atoms with Crippen LogP contribution in [0, 0.1) is 17.8 Å². The van der Waals surface area contributed by atoms with Crippen LogP contribution in [0.1, 0.15) is 52.9 Å². The van der Waals surface area contributed by atoms with Gasteiger partial charge in [0.2, 0.25) is 0 Å². The molecule has 1 aliphatic heterocycles. The quantitative estimate of drug-likeness (QED) is 0.785. The first kappa shape index (κ1) is 15.0. The summed E-state index contributed by atoms with van der Waals surface area (Å²) in [4.78, 5) is 12.9. The molecule has 1 heterocycles. The van der Waals surface area contributed by atoms with E-state index in [-0.39, 0.29) is 5.92 Å². The molecule has 1 saturated heterocycles. The van der Waals surface area contributed by atoms with Crippen LogP contribution in [0.25, 0.3) is 0 Å². The minimum atomic E-state index is -0.544. The molecule has 0 spiro atoms. The van der Waals surface area contributed by atoms with E-state index in [1.165, 1.54) is 6.42 Å². The summed E-state index contributed by atoms with van der Waals surface area (Å²) in [6, 6.07) is 0. The Labute approximate surface area is 117 Å². The maximum Gasteiger partial charge on any atom is 0.167 e. The van der Waals surface area contributed by atoms with Gasteiger partial charge in [-0.1, -0.05) is 13.8 Å². The monoisotopic (exact) mass is 268 g/mol. The van der Waals surface area contributed by atoms with E-state index in [0.29, 0.717) is 31.5 Å². The van der Waals surface area contributed by atoms with Crippen molar-refractivity contribution in [1.29, 1.82) is 0 Å². The summed E-state index contributed by atoms with van der Waals surface area (Å²) in [5, 5.41) is 0. The third kappa shape index (κ3) is 3.19. The van der Waals surface area contributed by atoms with E-state index >= 15 is 0 Å². The first-order valence-corrected chi connectivity index (χ1v) is 7.85. The lowest BCUT2D eigenvalue weighted by Crippen LogP contribution is -2.50. The van der Waals surface area contributed by atoms with E-state index in [1.807, 2.05) is 6.92 Å². The molecule has 3 unspecified atom stereocenters. The topological polar surface area (TPSA) is 35.5 Å². The molecule has 1 aliphatic carbocycles. The minimum Gasteiger partial charge on any atom is -0.381 e. The molecule has 0 radical (unpaired) electrons. The molecule has 1 saturated carbocycles. The number of ketones is 1. The average molecular weight is 268 g/mol. The smallest absolute Gasteiger partial charge is 0.167 e. The fraction of sp³-hybridized carbons (Fsp3) is 0.938. The zero-order valence-corrected chi connectivity index (χ0v) is 12.6. The Morgan fingerprint density at radius 2 is 1.89 bits per heavy atom. The van der Waals surface area contributed by atoms with E-state index in [2.05, 4.69) is 13.8 Å². The first-order chi connectivity index (χ1) is 9.09. The predicted molar refractivity (Wildman–Crippen MR) is 75.1 cm³/mol. The van der Waals surface area contributed by atoms with Crippen molar-refractivity contribution < 1.29 is 14.3 Å². The fourth-order valence-electron chi connectivity index (χ4n) is 3.60. The first-order valence-electron chi connectivity index (χ1n) is 7.85. The van der Waals surface area contributed by atoms with E-state index in [9.17, 15) is 4.79 Å². The van der Waals surface area contributed by atoms with Crippen LogP contribution in [-0.4, -0.2) is 31.2 Å². The molecule has 0 bridgehead atoms. The molecule has 2 aliphatic rings. The van der Waals surface area contributed by atoms with Crippen molar-refractivity contribution in [3.8, 4) is 0 Å². The Morgan fingerprint density at radius 1 is 1.21 bits per heavy atom. The highest BCUT2D eigenvalue weighted by molar-refractivity contribution is 5.89. The average Bonchev–Trinajstić information content (AvgIpc) is 2.42. The number of ether oxygens (including phenoxy) is 2. The van der Waals surface area contributed by atoms with Crippen LogP contribution in [0.2, 0.25) is 0 Å². The fourth-order valence-corrected chi connectivity index (χ4v) is 3.60. The van der Waals surface area contributed by atoms with Gasteiger partial charge < -0.3 is 9.47 Å². The van der Waals surface area contributed by atoms with Gasteiger partial charge in [0.15, 0.2) is 5.78 Å². The number of Topliss-reactive ketones (excluding diaryl/α,β-unsaturated/α-hetero) is 1. The molecule has 0 amide bonds. The Hall–Kier alpha value is -0.410.